The van der Waals surface area contributed by atoms with Crippen LogP contribution in [0.5, 0.6) is 0 Å². The maximum absolute atomic E-state index is 12.6. The number of piperazine rings is 1. The molecule has 1 aromatic carbocycles. The normalized spacial score (nSPS) is 23.0. The molecule has 1 amide bonds. The summed E-state index contributed by atoms with van der Waals surface area (Å²) in [4.78, 5) is 14.5. The minimum atomic E-state index is 0.00763. The summed E-state index contributed by atoms with van der Waals surface area (Å²) >= 11 is 6.09. The summed E-state index contributed by atoms with van der Waals surface area (Å²) in [7, 11) is 0. The minimum Gasteiger partial charge on any atom is -0.381 e. The Morgan fingerprint density at radius 1 is 1.39 bits per heavy atom. The van der Waals surface area contributed by atoms with Crippen molar-refractivity contribution in [3.8, 4) is 0 Å². The molecule has 0 aliphatic carbocycles. The number of halogens is 1. The molecular formula is C17H23ClN2O3. The maximum atomic E-state index is 12.6. The average Bonchev–Trinajstić information content (AvgIpc) is 2.60. The quantitative estimate of drug-likeness (QED) is 0.912. The Labute approximate surface area is 141 Å². The second kappa shape index (κ2) is 8.11. The molecule has 1 unspecified atom stereocenters. The lowest BCUT2D eigenvalue weighted by Crippen LogP contribution is -2.50. The van der Waals surface area contributed by atoms with Crippen molar-refractivity contribution in [2.24, 2.45) is 0 Å². The summed E-state index contributed by atoms with van der Waals surface area (Å²) < 4.78 is 11.1. The van der Waals surface area contributed by atoms with Crippen molar-refractivity contribution >= 4 is 17.5 Å². The van der Waals surface area contributed by atoms with E-state index in [1.54, 1.807) is 0 Å². The zero-order valence-electron chi connectivity index (χ0n) is 13.2. The molecule has 1 N–H and O–H groups in total. The second-order valence-corrected chi connectivity index (χ2v) is 6.42. The van der Waals surface area contributed by atoms with Gasteiger partial charge in [-0.2, -0.15) is 0 Å². The number of hydrogen-bond acceptors (Lipinski definition) is 4. The fraction of sp³-hybridized carbons (Fsp3) is 0.588. The third-order valence-corrected chi connectivity index (χ3v) is 4.64. The number of nitrogens with one attached hydrogen (secondary N) is 1. The highest BCUT2D eigenvalue weighted by Crippen LogP contribution is 2.25. The van der Waals surface area contributed by atoms with Gasteiger partial charge in [-0.25, -0.2) is 0 Å². The molecule has 0 aromatic heterocycles. The molecule has 0 saturated carbocycles. The molecule has 2 aliphatic heterocycles. The zero-order valence-corrected chi connectivity index (χ0v) is 13.9. The van der Waals surface area contributed by atoms with Crippen LogP contribution in [0.25, 0.3) is 0 Å². The molecule has 23 heavy (non-hydrogen) atoms. The molecule has 3 rings (SSSR count). The lowest BCUT2D eigenvalue weighted by molar-refractivity contribution is -0.143. The molecule has 1 aromatic rings. The Hall–Kier alpha value is -1.14. The van der Waals surface area contributed by atoms with Crippen LogP contribution in [0.1, 0.15) is 24.4 Å². The van der Waals surface area contributed by atoms with Crippen molar-refractivity contribution in [1.29, 1.82) is 0 Å². The Kier molecular flexibility index (Phi) is 5.89. The van der Waals surface area contributed by atoms with Gasteiger partial charge in [0.1, 0.15) is 6.61 Å². The van der Waals surface area contributed by atoms with Gasteiger partial charge in [-0.3, -0.25) is 4.79 Å². The lowest BCUT2D eigenvalue weighted by atomic mass is 10.0. The Balaban J connectivity index is 1.62. The van der Waals surface area contributed by atoms with Crippen LogP contribution >= 0.6 is 11.6 Å². The van der Waals surface area contributed by atoms with Gasteiger partial charge < -0.3 is 19.7 Å². The number of carbonyl (C=O) groups excluding carboxylic acids is 1. The first-order valence-electron chi connectivity index (χ1n) is 8.19. The number of nitrogens with zero attached hydrogens (tertiary/aromatic N) is 1. The van der Waals surface area contributed by atoms with E-state index in [4.69, 9.17) is 21.1 Å². The van der Waals surface area contributed by atoms with Gasteiger partial charge >= 0.3 is 0 Å². The van der Waals surface area contributed by atoms with E-state index in [1.165, 1.54) is 0 Å². The second-order valence-electron chi connectivity index (χ2n) is 5.98. The Morgan fingerprint density at radius 3 is 3.00 bits per heavy atom. The lowest BCUT2D eigenvalue weighted by Gasteiger charge is -2.37. The summed E-state index contributed by atoms with van der Waals surface area (Å²) in [6, 6.07) is 7.73. The van der Waals surface area contributed by atoms with E-state index in [1.807, 2.05) is 29.2 Å². The van der Waals surface area contributed by atoms with E-state index >= 15 is 0 Å². The van der Waals surface area contributed by atoms with Crippen molar-refractivity contribution in [3.05, 3.63) is 34.9 Å². The third-order valence-electron chi connectivity index (χ3n) is 4.41. The molecule has 2 saturated heterocycles. The monoisotopic (exact) mass is 338 g/mol. The van der Waals surface area contributed by atoms with Gasteiger partial charge in [0, 0.05) is 37.9 Å². The molecule has 126 valence electrons. The Bertz CT molecular complexity index is 534. The molecule has 0 spiro atoms. The van der Waals surface area contributed by atoms with Gasteiger partial charge in [-0.15, -0.1) is 0 Å². The number of ether oxygens (including phenoxy) is 2. The van der Waals surface area contributed by atoms with Crippen LogP contribution in [-0.2, 0) is 14.3 Å². The van der Waals surface area contributed by atoms with Gasteiger partial charge in [0.2, 0.25) is 5.91 Å². The molecule has 0 radical (unpaired) electrons. The molecule has 5 nitrogen and oxygen atoms in total. The number of carbonyl (C=O) groups is 1. The van der Waals surface area contributed by atoms with Crippen molar-refractivity contribution in [2.75, 3.05) is 39.5 Å². The largest absolute Gasteiger partial charge is 0.381 e. The highest BCUT2D eigenvalue weighted by molar-refractivity contribution is 6.30. The number of hydrogen-bond donors (Lipinski definition) is 1. The van der Waals surface area contributed by atoms with Crippen molar-refractivity contribution < 1.29 is 14.3 Å². The first kappa shape index (κ1) is 16.7. The van der Waals surface area contributed by atoms with E-state index in [9.17, 15) is 4.79 Å². The van der Waals surface area contributed by atoms with Crippen LogP contribution in [0.2, 0.25) is 5.02 Å². The standard InChI is InChI=1S/C17H23ClN2O3/c18-14-3-1-2-13(10-14)16-11-19-6-7-20(16)17(21)12-23-15-4-8-22-9-5-15/h1-3,10,15-16,19H,4-9,11-12H2. The van der Waals surface area contributed by atoms with Crippen molar-refractivity contribution in [2.45, 2.75) is 25.0 Å². The van der Waals surface area contributed by atoms with Gasteiger partial charge in [-0.05, 0) is 30.5 Å². The first-order valence-corrected chi connectivity index (χ1v) is 8.57. The molecule has 2 fully saturated rings. The number of rotatable bonds is 4. The van der Waals surface area contributed by atoms with Gasteiger partial charge in [0.25, 0.3) is 0 Å². The summed E-state index contributed by atoms with van der Waals surface area (Å²) in [5, 5.41) is 4.04. The zero-order chi connectivity index (χ0) is 16.1. The SMILES string of the molecule is O=C(COC1CCOCC1)N1CCNCC1c1cccc(Cl)c1. The summed E-state index contributed by atoms with van der Waals surface area (Å²) in [5.41, 5.74) is 1.06. The van der Waals surface area contributed by atoms with Crippen molar-refractivity contribution in [1.82, 2.24) is 10.2 Å². The van der Waals surface area contributed by atoms with Crippen LogP contribution in [0.4, 0.5) is 0 Å². The number of amides is 1. The number of benzene rings is 1. The first-order chi connectivity index (χ1) is 11.2. The van der Waals surface area contributed by atoms with Crippen LogP contribution in [0.3, 0.4) is 0 Å². The Morgan fingerprint density at radius 2 is 2.22 bits per heavy atom. The average molecular weight is 339 g/mol. The predicted octanol–water partition coefficient (Wildman–Crippen LogP) is 2.01. The molecule has 2 heterocycles. The summed E-state index contributed by atoms with van der Waals surface area (Å²) in [6.07, 6.45) is 1.87. The highest BCUT2D eigenvalue weighted by Gasteiger charge is 2.28. The fourth-order valence-corrected chi connectivity index (χ4v) is 3.33. The molecular weight excluding hydrogens is 316 g/mol. The molecule has 0 bridgehead atoms. The summed E-state index contributed by atoms with van der Waals surface area (Å²) in [6.45, 7) is 3.81. The predicted molar refractivity (Wildman–Crippen MR) is 88.6 cm³/mol. The van der Waals surface area contributed by atoms with Crippen molar-refractivity contribution in [3.63, 3.8) is 0 Å². The molecule has 2 aliphatic rings. The van der Waals surface area contributed by atoms with E-state index in [0.29, 0.717) is 11.6 Å². The van der Waals surface area contributed by atoms with E-state index in [2.05, 4.69) is 5.32 Å². The van der Waals surface area contributed by atoms with Gasteiger partial charge in [-0.1, -0.05) is 23.7 Å². The van der Waals surface area contributed by atoms with Gasteiger partial charge in [0.05, 0.1) is 12.1 Å². The molecule has 1 atom stereocenters. The van der Waals surface area contributed by atoms with E-state index < -0.39 is 0 Å². The van der Waals surface area contributed by atoms with Crippen LogP contribution < -0.4 is 5.32 Å². The van der Waals surface area contributed by atoms with Crippen LogP contribution in [0.15, 0.2) is 24.3 Å². The third kappa shape index (κ3) is 4.44. The minimum absolute atomic E-state index is 0.00763. The van der Waals surface area contributed by atoms with Gasteiger partial charge in [0.15, 0.2) is 0 Å². The summed E-state index contributed by atoms with van der Waals surface area (Å²) in [5.74, 6) is 0.0444. The van der Waals surface area contributed by atoms with Crippen LogP contribution in [-0.4, -0.2) is 56.4 Å². The fourth-order valence-electron chi connectivity index (χ4n) is 3.13. The maximum Gasteiger partial charge on any atom is 0.249 e. The van der Waals surface area contributed by atoms with E-state index in [0.717, 1.165) is 44.7 Å². The molecule has 6 heteroatoms. The topological polar surface area (TPSA) is 50.8 Å². The van der Waals surface area contributed by atoms with E-state index in [-0.39, 0.29) is 24.7 Å². The smallest absolute Gasteiger partial charge is 0.249 e. The highest BCUT2D eigenvalue weighted by atomic mass is 35.5. The van der Waals surface area contributed by atoms with Crippen LogP contribution in [0, 0.1) is 0 Å².